The van der Waals surface area contributed by atoms with E-state index < -0.39 is 10.0 Å². The molecule has 26 heavy (non-hydrogen) atoms. The number of carbonyl (C=O) groups is 1. The fourth-order valence-electron chi connectivity index (χ4n) is 4.94. The van der Waals surface area contributed by atoms with Crippen LogP contribution in [0.5, 0.6) is 0 Å². The van der Waals surface area contributed by atoms with Crippen LogP contribution in [0.1, 0.15) is 44.1 Å². The lowest BCUT2D eigenvalue weighted by molar-refractivity contribution is -0.127. The zero-order valence-corrected chi connectivity index (χ0v) is 16.2. The third-order valence-electron chi connectivity index (χ3n) is 6.55. The number of rotatable bonds is 4. The van der Waals surface area contributed by atoms with Crippen LogP contribution in [0, 0.1) is 24.7 Å². The minimum atomic E-state index is -3.46. The predicted molar refractivity (Wildman–Crippen MR) is 100 cm³/mol. The molecule has 1 aromatic carbocycles. The van der Waals surface area contributed by atoms with E-state index in [0.29, 0.717) is 42.8 Å². The van der Waals surface area contributed by atoms with Gasteiger partial charge >= 0.3 is 0 Å². The first-order valence-corrected chi connectivity index (χ1v) is 11.2. The molecule has 142 valence electrons. The van der Waals surface area contributed by atoms with Gasteiger partial charge in [-0.15, -0.1) is 0 Å². The van der Waals surface area contributed by atoms with Crippen LogP contribution in [-0.2, 0) is 14.8 Å². The van der Waals surface area contributed by atoms with Crippen molar-refractivity contribution in [1.29, 1.82) is 0 Å². The molecule has 2 aliphatic carbocycles. The Labute approximate surface area is 156 Å². The number of piperidine rings is 1. The van der Waals surface area contributed by atoms with Crippen LogP contribution in [0.25, 0.3) is 0 Å². The minimum absolute atomic E-state index is 0.0569. The number of carbonyl (C=O) groups excluding carboxylic acids is 1. The van der Waals surface area contributed by atoms with Crippen LogP contribution in [0.3, 0.4) is 0 Å². The fourth-order valence-corrected chi connectivity index (χ4v) is 6.41. The number of benzene rings is 1. The van der Waals surface area contributed by atoms with E-state index in [2.05, 4.69) is 5.32 Å². The molecular weight excluding hydrogens is 348 g/mol. The standard InChI is InChI=1S/C20H28N2O3S/c1-14-2-6-18(7-3-14)26(24,25)22-10-8-16(9-11-22)20(23)21-19-13-15-4-5-17(19)12-15/h2-3,6-7,15-17,19H,4-5,8-13H2,1H3,(H,21,23)/t15-,17-,19-/m0/s1. The van der Waals surface area contributed by atoms with Crippen LogP contribution in [-0.4, -0.2) is 37.8 Å². The maximum atomic E-state index is 12.8. The van der Waals surface area contributed by atoms with Gasteiger partial charge in [0.25, 0.3) is 0 Å². The van der Waals surface area contributed by atoms with Crippen molar-refractivity contribution >= 4 is 15.9 Å². The van der Waals surface area contributed by atoms with Gasteiger partial charge in [-0.3, -0.25) is 4.79 Å². The van der Waals surface area contributed by atoms with Gasteiger partial charge in [-0.25, -0.2) is 8.42 Å². The van der Waals surface area contributed by atoms with Crippen molar-refractivity contribution in [3.8, 4) is 0 Å². The van der Waals surface area contributed by atoms with Crippen molar-refractivity contribution in [2.24, 2.45) is 17.8 Å². The summed E-state index contributed by atoms with van der Waals surface area (Å²) in [5.41, 5.74) is 1.04. The van der Waals surface area contributed by atoms with E-state index in [1.54, 1.807) is 12.1 Å². The number of sulfonamides is 1. The normalized spacial score (nSPS) is 29.8. The highest BCUT2D eigenvalue weighted by Gasteiger charge is 2.41. The van der Waals surface area contributed by atoms with E-state index in [-0.39, 0.29) is 11.8 Å². The quantitative estimate of drug-likeness (QED) is 0.879. The Morgan fingerprint density at radius 3 is 2.31 bits per heavy atom. The summed E-state index contributed by atoms with van der Waals surface area (Å²) in [6, 6.07) is 7.33. The summed E-state index contributed by atoms with van der Waals surface area (Å²) in [7, 11) is -3.46. The summed E-state index contributed by atoms with van der Waals surface area (Å²) in [6.07, 6.45) is 6.21. The van der Waals surface area contributed by atoms with E-state index in [9.17, 15) is 13.2 Å². The Morgan fingerprint density at radius 2 is 1.73 bits per heavy atom. The van der Waals surface area contributed by atoms with Crippen molar-refractivity contribution in [3.05, 3.63) is 29.8 Å². The molecule has 3 fully saturated rings. The minimum Gasteiger partial charge on any atom is -0.353 e. The first-order valence-electron chi connectivity index (χ1n) is 9.80. The van der Waals surface area contributed by atoms with Crippen LogP contribution in [0.2, 0.25) is 0 Å². The summed E-state index contributed by atoms with van der Waals surface area (Å²) in [6.45, 7) is 2.78. The topological polar surface area (TPSA) is 66.5 Å². The number of amides is 1. The maximum Gasteiger partial charge on any atom is 0.243 e. The summed E-state index contributed by atoms with van der Waals surface area (Å²) >= 11 is 0. The van der Waals surface area contributed by atoms with Gasteiger partial charge in [0, 0.05) is 25.0 Å². The first kappa shape index (κ1) is 18.0. The Balaban J connectivity index is 1.33. The Morgan fingerprint density at radius 1 is 1.04 bits per heavy atom. The van der Waals surface area contributed by atoms with E-state index in [1.165, 1.54) is 23.6 Å². The SMILES string of the molecule is Cc1ccc(S(=O)(=O)N2CCC(C(=O)N[C@H]3C[C@H]4CC[C@H]3C4)CC2)cc1. The molecule has 0 radical (unpaired) electrons. The molecule has 3 aliphatic rings. The molecule has 1 saturated heterocycles. The van der Waals surface area contributed by atoms with Crippen molar-refractivity contribution in [1.82, 2.24) is 9.62 Å². The molecule has 0 unspecified atom stereocenters. The summed E-state index contributed by atoms with van der Waals surface area (Å²) in [4.78, 5) is 13.0. The first-order chi connectivity index (χ1) is 12.4. The Hall–Kier alpha value is -1.40. The van der Waals surface area contributed by atoms with Crippen molar-refractivity contribution in [3.63, 3.8) is 0 Å². The molecule has 1 heterocycles. The summed E-state index contributed by atoms with van der Waals surface area (Å²) in [5, 5.41) is 3.26. The van der Waals surface area contributed by atoms with Gasteiger partial charge in [0.2, 0.25) is 15.9 Å². The second kappa shape index (κ2) is 6.97. The maximum absolute atomic E-state index is 12.8. The number of nitrogens with one attached hydrogen (secondary N) is 1. The third-order valence-corrected chi connectivity index (χ3v) is 8.46. The van der Waals surface area contributed by atoms with Gasteiger partial charge < -0.3 is 5.32 Å². The van der Waals surface area contributed by atoms with Crippen LogP contribution in [0.4, 0.5) is 0 Å². The Bertz CT molecular complexity index is 767. The summed E-state index contributed by atoms with van der Waals surface area (Å²) < 4.78 is 27.1. The molecule has 2 bridgehead atoms. The van der Waals surface area contributed by atoms with E-state index in [0.717, 1.165) is 17.9 Å². The second-order valence-electron chi connectivity index (χ2n) is 8.28. The van der Waals surface area contributed by atoms with E-state index >= 15 is 0 Å². The highest BCUT2D eigenvalue weighted by molar-refractivity contribution is 7.89. The number of aryl methyl sites for hydroxylation is 1. The smallest absolute Gasteiger partial charge is 0.243 e. The van der Waals surface area contributed by atoms with Crippen molar-refractivity contribution < 1.29 is 13.2 Å². The molecular formula is C20H28N2O3S. The molecule has 4 rings (SSSR count). The molecule has 1 aromatic rings. The number of hydrogen-bond donors (Lipinski definition) is 1. The number of hydrogen-bond acceptors (Lipinski definition) is 3. The molecule has 0 aromatic heterocycles. The zero-order chi connectivity index (χ0) is 18.3. The van der Waals surface area contributed by atoms with E-state index in [4.69, 9.17) is 0 Å². The average Bonchev–Trinajstić information content (AvgIpc) is 3.25. The van der Waals surface area contributed by atoms with Gasteiger partial charge in [0.15, 0.2) is 0 Å². The third kappa shape index (κ3) is 3.41. The lowest BCUT2D eigenvalue weighted by atomic mass is 9.93. The van der Waals surface area contributed by atoms with Crippen molar-refractivity contribution in [2.75, 3.05) is 13.1 Å². The lowest BCUT2D eigenvalue weighted by Gasteiger charge is -2.32. The average molecular weight is 377 g/mol. The molecule has 1 N–H and O–H groups in total. The summed E-state index contributed by atoms with van der Waals surface area (Å²) in [5.74, 6) is 1.56. The monoisotopic (exact) mass is 376 g/mol. The molecule has 3 atom stereocenters. The number of nitrogens with zero attached hydrogens (tertiary/aromatic N) is 1. The molecule has 2 saturated carbocycles. The molecule has 0 spiro atoms. The van der Waals surface area contributed by atoms with Crippen LogP contribution in [0.15, 0.2) is 29.2 Å². The van der Waals surface area contributed by atoms with Gasteiger partial charge in [-0.05, 0) is 63.0 Å². The van der Waals surface area contributed by atoms with Gasteiger partial charge in [-0.2, -0.15) is 4.31 Å². The molecule has 1 aliphatic heterocycles. The second-order valence-corrected chi connectivity index (χ2v) is 10.2. The largest absolute Gasteiger partial charge is 0.353 e. The fraction of sp³-hybridized carbons (Fsp3) is 0.650. The zero-order valence-electron chi connectivity index (χ0n) is 15.4. The molecule has 5 nitrogen and oxygen atoms in total. The molecule has 1 amide bonds. The number of fused-ring (bicyclic) bond motifs is 2. The highest BCUT2D eigenvalue weighted by atomic mass is 32.2. The predicted octanol–water partition coefficient (Wildman–Crippen LogP) is 2.70. The van der Waals surface area contributed by atoms with Crippen molar-refractivity contribution in [2.45, 2.75) is 56.4 Å². The molecule has 6 heteroatoms. The van der Waals surface area contributed by atoms with Gasteiger partial charge in [0.1, 0.15) is 0 Å². The van der Waals surface area contributed by atoms with Crippen LogP contribution < -0.4 is 5.32 Å². The van der Waals surface area contributed by atoms with E-state index in [1.807, 2.05) is 19.1 Å². The van der Waals surface area contributed by atoms with Crippen LogP contribution >= 0.6 is 0 Å². The highest BCUT2D eigenvalue weighted by Crippen LogP contribution is 2.44. The lowest BCUT2D eigenvalue weighted by Crippen LogP contribution is -2.46. The van der Waals surface area contributed by atoms with Gasteiger partial charge in [0.05, 0.1) is 4.90 Å². The Kier molecular flexibility index (Phi) is 4.82. The van der Waals surface area contributed by atoms with Gasteiger partial charge in [-0.1, -0.05) is 24.1 Å².